The summed E-state index contributed by atoms with van der Waals surface area (Å²) >= 11 is 1.59. The molecule has 1 atom stereocenters. The molecule has 0 unspecified atom stereocenters. The molecule has 0 saturated carbocycles. The molecule has 2 aromatic heterocycles. The molecule has 0 aliphatic heterocycles. The first-order valence-corrected chi connectivity index (χ1v) is 10.8. The van der Waals surface area contributed by atoms with Crippen molar-refractivity contribution in [3.8, 4) is 0 Å². The summed E-state index contributed by atoms with van der Waals surface area (Å²) < 4.78 is 0. The van der Waals surface area contributed by atoms with Crippen LogP contribution in [0.25, 0.3) is 10.9 Å². The molecule has 4 nitrogen and oxygen atoms in total. The van der Waals surface area contributed by atoms with Crippen molar-refractivity contribution in [1.29, 1.82) is 0 Å². The van der Waals surface area contributed by atoms with Gasteiger partial charge in [0.15, 0.2) is 0 Å². The number of benzene rings is 2. The van der Waals surface area contributed by atoms with Gasteiger partial charge in [-0.3, -0.25) is 9.78 Å². The number of aromatic nitrogens is 2. The van der Waals surface area contributed by atoms with E-state index in [1.54, 1.807) is 23.7 Å². The summed E-state index contributed by atoms with van der Waals surface area (Å²) in [6.45, 7) is 0.513. The molecular formula is C24H21N3OS. The van der Waals surface area contributed by atoms with Gasteiger partial charge >= 0.3 is 0 Å². The maximum absolute atomic E-state index is 13.9. The van der Waals surface area contributed by atoms with Crippen molar-refractivity contribution in [3.63, 3.8) is 0 Å². The fourth-order valence-electron chi connectivity index (χ4n) is 4.28. The number of rotatable bonds is 4. The van der Waals surface area contributed by atoms with Crippen LogP contribution >= 0.6 is 11.3 Å². The highest BCUT2D eigenvalue weighted by atomic mass is 32.1. The van der Waals surface area contributed by atoms with E-state index in [1.165, 1.54) is 11.1 Å². The van der Waals surface area contributed by atoms with E-state index in [1.807, 2.05) is 40.6 Å². The molecule has 0 radical (unpaired) electrons. The highest BCUT2D eigenvalue weighted by Gasteiger charge is 2.31. The molecule has 0 spiro atoms. The molecule has 0 bridgehead atoms. The number of pyridine rings is 1. The lowest BCUT2D eigenvalue weighted by Crippen LogP contribution is -2.36. The Bertz CT molecular complexity index is 1150. The highest BCUT2D eigenvalue weighted by molar-refractivity contribution is 7.09. The van der Waals surface area contributed by atoms with Crippen LogP contribution in [-0.4, -0.2) is 20.8 Å². The maximum Gasteiger partial charge on any atom is 0.256 e. The van der Waals surface area contributed by atoms with E-state index in [-0.39, 0.29) is 11.9 Å². The number of amides is 1. The average Bonchev–Trinajstić information content (AvgIpc) is 3.30. The topological polar surface area (TPSA) is 46.1 Å². The van der Waals surface area contributed by atoms with E-state index >= 15 is 0 Å². The van der Waals surface area contributed by atoms with Crippen LogP contribution in [0.4, 0.5) is 0 Å². The number of aryl methyl sites for hydroxylation is 1. The normalized spacial score (nSPS) is 15.8. The summed E-state index contributed by atoms with van der Waals surface area (Å²) in [5.41, 5.74) is 4.02. The average molecular weight is 400 g/mol. The molecule has 1 aliphatic carbocycles. The minimum Gasteiger partial charge on any atom is -0.325 e. The van der Waals surface area contributed by atoms with Gasteiger partial charge in [-0.1, -0.05) is 42.5 Å². The van der Waals surface area contributed by atoms with Crippen LogP contribution in [0.2, 0.25) is 0 Å². The third kappa shape index (κ3) is 3.42. The minimum atomic E-state index is 0.0196. The Labute approximate surface area is 173 Å². The number of fused-ring (bicyclic) bond motifs is 2. The van der Waals surface area contributed by atoms with Gasteiger partial charge in [0.1, 0.15) is 5.01 Å². The molecule has 2 heterocycles. The van der Waals surface area contributed by atoms with Crippen molar-refractivity contribution in [2.75, 3.05) is 0 Å². The highest BCUT2D eigenvalue weighted by Crippen LogP contribution is 2.36. The van der Waals surface area contributed by atoms with E-state index in [0.717, 1.165) is 35.2 Å². The monoisotopic (exact) mass is 399 g/mol. The van der Waals surface area contributed by atoms with Crippen LogP contribution in [0.1, 0.15) is 45.4 Å². The van der Waals surface area contributed by atoms with Gasteiger partial charge < -0.3 is 4.90 Å². The van der Waals surface area contributed by atoms with Gasteiger partial charge in [-0.25, -0.2) is 4.98 Å². The fourth-order valence-corrected chi connectivity index (χ4v) is 4.90. The summed E-state index contributed by atoms with van der Waals surface area (Å²) in [5.74, 6) is 0.0196. The molecule has 5 rings (SSSR count). The predicted octanol–water partition coefficient (Wildman–Crippen LogP) is 5.41. The number of nitrogens with zero attached hydrogens (tertiary/aromatic N) is 3. The number of hydrogen-bond acceptors (Lipinski definition) is 4. The number of hydrogen-bond donors (Lipinski definition) is 0. The molecule has 5 heteroatoms. The predicted molar refractivity (Wildman–Crippen MR) is 116 cm³/mol. The van der Waals surface area contributed by atoms with E-state index in [0.29, 0.717) is 12.1 Å². The SMILES string of the molecule is O=C(c1cccc2cccnc12)N(Cc1nccs1)[C@H]1CCCc2ccccc21. The molecule has 1 aliphatic rings. The summed E-state index contributed by atoms with van der Waals surface area (Å²) in [7, 11) is 0. The second-order valence-corrected chi connectivity index (χ2v) is 8.33. The maximum atomic E-state index is 13.9. The Morgan fingerprint density at radius 1 is 1.03 bits per heavy atom. The Hall–Kier alpha value is -3.05. The van der Waals surface area contributed by atoms with E-state index in [2.05, 4.69) is 34.2 Å². The van der Waals surface area contributed by atoms with Crippen molar-refractivity contribution < 1.29 is 4.79 Å². The first kappa shape index (κ1) is 18.0. The zero-order chi connectivity index (χ0) is 19.6. The van der Waals surface area contributed by atoms with Gasteiger partial charge in [-0.2, -0.15) is 0 Å². The Kier molecular flexibility index (Phi) is 4.82. The second-order valence-electron chi connectivity index (χ2n) is 7.35. The van der Waals surface area contributed by atoms with Crippen molar-refractivity contribution >= 4 is 28.1 Å². The van der Waals surface area contributed by atoms with Crippen LogP contribution < -0.4 is 0 Å². The summed E-state index contributed by atoms with van der Waals surface area (Å²) in [5, 5.41) is 3.90. The molecule has 4 aromatic rings. The zero-order valence-corrected chi connectivity index (χ0v) is 16.8. The van der Waals surface area contributed by atoms with Crippen molar-refractivity contribution in [2.24, 2.45) is 0 Å². The van der Waals surface area contributed by atoms with Crippen LogP contribution in [0.5, 0.6) is 0 Å². The van der Waals surface area contributed by atoms with Gasteiger partial charge in [0.2, 0.25) is 0 Å². The van der Waals surface area contributed by atoms with Gasteiger partial charge in [-0.05, 0) is 42.5 Å². The molecular weight excluding hydrogens is 378 g/mol. The standard InChI is InChI=1S/C24H21N3OS/c28-24(20-11-3-8-18-9-5-13-26-23(18)20)27(16-22-25-14-15-29-22)21-12-4-7-17-6-1-2-10-19(17)21/h1-3,5-6,8-11,13-15,21H,4,7,12,16H2/t21-/m0/s1. The number of carbonyl (C=O) groups excluding carboxylic acids is 1. The smallest absolute Gasteiger partial charge is 0.256 e. The Balaban J connectivity index is 1.60. The van der Waals surface area contributed by atoms with Gasteiger partial charge in [0.25, 0.3) is 5.91 Å². The number of thiazole rings is 1. The van der Waals surface area contributed by atoms with E-state index in [4.69, 9.17) is 0 Å². The lowest BCUT2D eigenvalue weighted by atomic mass is 9.86. The van der Waals surface area contributed by atoms with Crippen LogP contribution in [0.15, 0.2) is 72.4 Å². The van der Waals surface area contributed by atoms with Crippen LogP contribution in [-0.2, 0) is 13.0 Å². The van der Waals surface area contributed by atoms with Crippen molar-refractivity contribution in [2.45, 2.75) is 31.8 Å². The van der Waals surface area contributed by atoms with E-state index in [9.17, 15) is 4.79 Å². The first-order chi connectivity index (χ1) is 14.3. The molecule has 144 valence electrons. The largest absolute Gasteiger partial charge is 0.325 e. The lowest BCUT2D eigenvalue weighted by Gasteiger charge is -2.35. The van der Waals surface area contributed by atoms with Crippen molar-refractivity contribution in [3.05, 3.63) is 94.1 Å². The number of carbonyl (C=O) groups is 1. The summed E-state index contributed by atoms with van der Waals surface area (Å²) in [6, 6.07) is 18.3. The molecule has 0 fully saturated rings. The second kappa shape index (κ2) is 7.76. The van der Waals surface area contributed by atoms with E-state index < -0.39 is 0 Å². The Morgan fingerprint density at radius 3 is 2.83 bits per heavy atom. The van der Waals surface area contributed by atoms with Crippen molar-refractivity contribution in [1.82, 2.24) is 14.9 Å². The zero-order valence-electron chi connectivity index (χ0n) is 16.0. The molecule has 0 N–H and O–H groups in total. The van der Waals surface area contributed by atoms with Gasteiger partial charge in [0, 0.05) is 23.2 Å². The molecule has 29 heavy (non-hydrogen) atoms. The molecule has 1 amide bonds. The quantitative estimate of drug-likeness (QED) is 0.461. The first-order valence-electron chi connectivity index (χ1n) is 9.92. The summed E-state index contributed by atoms with van der Waals surface area (Å²) in [4.78, 5) is 24.8. The molecule has 0 saturated heterocycles. The molecule has 2 aromatic carbocycles. The number of para-hydroxylation sites is 1. The summed E-state index contributed by atoms with van der Waals surface area (Å²) in [6.07, 6.45) is 6.67. The van der Waals surface area contributed by atoms with Crippen LogP contribution in [0, 0.1) is 0 Å². The third-order valence-corrected chi connectivity index (χ3v) is 6.39. The van der Waals surface area contributed by atoms with Gasteiger partial charge in [-0.15, -0.1) is 11.3 Å². The Morgan fingerprint density at radius 2 is 1.93 bits per heavy atom. The van der Waals surface area contributed by atoms with Gasteiger partial charge in [0.05, 0.1) is 23.7 Å². The minimum absolute atomic E-state index is 0.0196. The third-order valence-electron chi connectivity index (χ3n) is 5.63. The lowest BCUT2D eigenvalue weighted by molar-refractivity contribution is 0.0640. The fraction of sp³-hybridized carbons (Fsp3) is 0.208. The van der Waals surface area contributed by atoms with Crippen LogP contribution in [0.3, 0.4) is 0 Å².